The lowest BCUT2D eigenvalue weighted by Gasteiger charge is -2.36. The van der Waals surface area contributed by atoms with Crippen LogP contribution in [0.2, 0.25) is 0 Å². The summed E-state index contributed by atoms with van der Waals surface area (Å²) in [6, 6.07) is 2.10. The Kier molecular flexibility index (Phi) is 4.36. The van der Waals surface area contributed by atoms with Gasteiger partial charge < -0.3 is 9.47 Å². The summed E-state index contributed by atoms with van der Waals surface area (Å²) >= 11 is 0. The summed E-state index contributed by atoms with van der Waals surface area (Å²) < 4.78 is 58.3. The zero-order valence-corrected chi connectivity index (χ0v) is 11.1. The Morgan fingerprint density at radius 2 is 2.00 bits per heavy atom. The maximum Gasteiger partial charge on any atom is 0.573 e. The molecule has 0 spiro atoms. The number of likely N-dealkylation sites (tertiary alicyclic amines) is 1. The van der Waals surface area contributed by atoms with Crippen LogP contribution in [0.15, 0.2) is 18.2 Å². The first-order valence-corrected chi connectivity index (χ1v) is 6.19. The largest absolute Gasteiger partial charge is 0.573 e. The van der Waals surface area contributed by atoms with Crippen molar-refractivity contribution in [2.75, 3.05) is 20.2 Å². The van der Waals surface area contributed by atoms with Crippen LogP contribution < -0.4 is 4.74 Å². The lowest BCUT2D eigenvalue weighted by molar-refractivity contribution is -0.275. The Morgan fingerprint density at radius 3 is 2.48 bits per heavy atom. The normalized spacial score (nSPS) is 17.0. The Labute approximate surface area is 118 Å². The average molecular weight is 307 g/mol. The van der Waals surface area contributed by atoms with Gasteiger partial charge in [0.05, 0.1) is 7.11 Å². The Hall–Kier alpha value is -1.83. The number of ether oxygens (including phenoxy) is 2. The van der Waals surface area contributed by atoms with Gasteiger partial charge in [0, 0.05) is 13.1 Å². The van der Waals surface area contributed by atoms with Gasteiger partial charge in [-0.2, -0.15) is 0 Å². The molecule has 1 fully saturated rings. The quantitative estimate of drug-likeness (QED) is 0.633. The van der Waals surface area contributed by atoms with Crippen LogP contribution in [0.5, 0.6) is 5.75 Å². The van der Waals surface area contributed by atoms with E-state index in [-0.39, 0.29) is 5.56 Å². The molecule has 0 aromatic heterocycles. The third kappa shape index (κ3) is 3.63. The molecule has 0 amide bonds. The molecule has 1 aliphatic heterocycles. The third-order valence-electron chi connectivity index (χ3n) is 3.18. The first-order chi connectivity index (χ1) is 9.81. The number of esters is 1. The molecule has 0 N–H and O–H groups in total. The van der Waals surface area contributed by atoms with Crippen molar-refractivity contribution in [1.29, 1.82) is 0 Å². The van der Waals surface area contributed by atoms with Crippen molar-refractivity contribution in [3.63, 3.8) is 0 Å². The summed E-state index contributed by atoms with van der Waals surface area (Å²) in [6.07, 6.45) is -4.13. The van der Waals surface area contributed by atoms with E-state index in [0.717, 1.165) is 18.6 Å². The molecule has 0 radical (unpaired) electrons. The minimum absolute atomic E-state index is 0.196. The van der Waals surface area contributed by atoms with Gasteiger partial charge in [-0.15, -0.1) is 13.2 Å². The fourth-order valence-electron chi connectivity index (χ4n) is 2.10. The standard InChI is InChI=1S/C13H13F4NO3/c1-20-12(19)11(18-5-2-6-18)8-3-4-9(14)10(7-8)21-13(15,16)17/h3-4,7,11H,2,5-6H2,1H3. The summed E-state index contributed by atoms with van der Waals surface area (Å²) in [5, 5.41) is 0. The highest BCUT2D eigenvalue weighted by Gasteiger charge is 2.35. The lowest BCUT2D eigenvalue weighted by Crippen LogP contribution is -2.43. The second-order valence-corrected chi connectivity index (χ2v) is 4.55. The maximum atomic E-state index is 13.4. The fourth-order valence-corrected chi connectivity index (χ4v) is 2.10. The van der Waals surface area contributed by atoms with Crippen molar-refractivity contribution in [3.05, 3.63) is 29.6 Å². The van der Waals surface area contributed by atoms with Crippen molar-refractivity contribution < 1.29 is 31.8 Å². The minimum atomic E-state index is -5.00. The van der Waals surface area contributed by atoms with Crippen LogP contribution in [0, 0.1) is 5.82 Å². The van der Waals surface area contributed by atoms with Gasteiger partial charge in [0.2, 0.25) is 0 Å². The molecule has 116 valence electrons. The van der Waals surface area contributed by atoms with E-state index >= 15 is 0 Å². The number of hydrogen-bond acceptors (Lipinski definition) is 4. The maximum absolute atomic E-state index is 13.4. The summed E-state index contributed by atoms with van der Waals surface area (Å²) in [6.45, 7) is 1.24. The first-order valence-electron chi connectivity index (χ1n) is 6.19. The summed E-state index contributed by atoms with van der Waals surface area (Å²) in [7, 11) is 1.19. The van der Waals surface area contributed by atoms with Crippen molar-refractivity contribution in [3.8, 4) is 5.75 Å². The number of rotatable bonds is 4. The molecule has 1 aliphatic rings. The second kappa shape index (κ2) is 5.88. The van der Waals surface area contributed by atoms with Crippen LogP contribution in [-0.2, 0) is 9.53 Å². The molecular formula is C13H13F4NO3. The first kappa shape index (κ1) is 15.6. The predicted molar refractivity (Wildman–Crippen MR) is 64.0 cm³/mol. The van der Waals surface area contributed by atoms with E-state index in [9.17, 15) is 22.4 Å². The number of nitrogens with zero attached hydrogens (tertiary/aromatic N) is 1. The number of hydrogen-bond donors (Lipinski definition) is 0. The molecule has 1 atom stereocenters. The lowest BCUT2D eigenvalue weighted by atomic mass is 10.0. The number of alkyl halides is 3. The molecular weight excluding hydrogens is 294 g/mol. The molecule has 0 bridgehead atoms. The van der Waals surface area contributed by atoms with Gasteiger partial charge in [-0.05, 0) is 24.1 Å². The molecule has 2 rings (SSSR count). The van der Waals surface area contributed by atoms with Gasteiger partial charge in [-0.1, -0.05) is 6.07 Å². The van der Waals surface area contributed by atoms with Crippen LogP contribution in [0.3, 0.4) is 0 Å². The van der Waals surface area contributed by atoms with Gasteiger partial charge >= 0.3 is 12.3 Å². The van der Waals surface area contributed by atoms with Crippen molar-refractivity contribution >= 4 is 5.97 Å². The Bertz CT molecular complexity index is 529. The summed E-state index contributed by atoms with van der Waals surface area (Å²) in [4.78, 5) is 13.5. The molecule has 21 heavy (non-hydrogen) atoms. The van der Waals surface area contributed by atoms with E-state index in [4.69, 9.17) is 0 Å². The van der Waals surface area contributed by atoms with Crippen LogP contribution in [0.25, 0.3) is 0 Å². The number of methoxy groups -OCH3 is 1. The molecule has 0 saturated carbocycles. The third-order valence-corrected chi connectivity index (χ3v) is 3.18. The zero-order chi connectivity index (χ0) is 15.6. The second-order valence-electron chi connectivity index (χ2n) is 4.55. The topological polar surface area (TPSA) is 38.8 Å². The van der Waals surface area contributed by atoms with Crippen molar-refractivity contribution in [2.24, 2.45) is 0 Å². The van der Waals surface area contributed by atoms with Gasteiger partial charge in [0.25, 0.3) is 0 Å². The average Bonchev–Trinajstić information content (AvgIpc) is 2.34. The van der Waals surface area contributed by atoms with Crippen molar-refractivity contribution in [1.82, 2.24) is 4.90 Å². The number of carbonyl (C=O) groups excluding carboxylic acids is 1. The van der Waals surface area contributed by atoms with Crippen molar-refractivity contribution in [2.45, 2.75) is 18.8 Å². The van der Waals surface area contributed by atoms with Gasteiger partial charge in [-0.3, -0.25) is 4.90 Å². The van der Waals surface area contributed by atoms with Crippen LogP contribution >= 0.6 is 0 Å². The molecule has 1 aromatic carbocycles. The van der Waals surface area contributed by atoms with Gasteiger partial charge in [0.15, 0.2) is 11.6 Å². The molecule has 0 aliphatic carbocycles. The van der Waals surface area contributed by atoms with Gasteiger partial charge in [-0.25, -0.2) is 9.18 Å². The van der Waals surface area contributed by atoms with E-state index in [1.54, 1.807) is 4.90 Å². The molecule has 1 heterocycles. The van der Waals surface area contributed by atoms with E-state index in [1.165, 1.54) is 13.2 Å². The number of benzene rings is 1. The highest BCUT2D eigenvalue weighted by atomic mass is 19.4. The van der Waals surface area contributed by atoms with Crippen LogP contribution in [0.1, 0.15) is 18.0 Å². The molecule has 8 heteroatoms. The highest BCUT2D eigenvalue weighted by Crippen LogP contribution is 2.32. The smallest absolute Gasteiger partial charge is 0.468 e. The summed E-state index contributed by atoms with van der Waals surface area (Å²) in [5.74, 6) is -2.73. The van der Waals surface area contributed by atoms with Gasteiger partial charge in [0.1, 0.15) is 6.04 Å². The summed E-state index contributed by atoms with van der Waals surface area (Å²) in [5.41, 5.74) is 0.196. The van der Waals surface area contributed by atoms with Crippen LogP contribution in [0.4, 0.5) is 17.6 Å². The van der Waals surface area contributed by atoms with E-state index in [0.29, 0.717) is 13.1 Å². The van der Waals surface area contributed by atoms with E-state index < -0.39 is 29.9 Å². The minimum Gasteiger partial charge on any atom is -0.468 e. The molecule has 4 nitrogen and oxygen atoms in total. The monoisotopic (exact) mass is 307 g/mol. The zero-order valence-electron chi connectivity index (χ0n) is 11.1. The molecule has 1 aromatic rings. The van der Waals surface area contributed by atoms with E-state index in [1.807, 2.05) is 0 Å². The molecule has 1 saturated heterocycles. The predicted octanol–water partition coefficient (Wildman–Crippen LogP) is 2.64. The Balaban J connectivity index is 2.32. The van der Waals surface area contributed by atoms with E-state index in [2.05, 4.69) is 9.47 Å². The highest BCUT2D eigenvalue weighted by molar-refractivity contribution is 5.77. The Morgan fingerprint density at radius 1 is 1.33 bits per heavy atom. The number of halogens is 4. The number of carbonyl (C=O) groups is 1. The van der Waals surface area contributed by atoms with Crippen LogP contribution in [-0.4, -0.2) is 37.4 Å². The molecule has 1 unspecified atom stereocenters. The SMILES string of the molecule is COC(=O)C(c1ccc(F)c(OC(F)(F)F)c1)N1CCC1. The fraction of sp³-hybridized carbons (Fsp3) is 0.462.